The van der Waals surface area contributed by atoms with Crippen LogP contribution in [0.1, 0.15) is 12.5 Å². The number of furan rings is 1. The molecular formula is C16H13ClO3. The van der Waals surface area contributed by atoms with Crippen LogP contribution >= 0.6 is 11.6 Å². The molecule has 0 saturated carbocycles. The molecule has 3 rings (SSSR count). The highest BCUT2D eigenvalue weighted by Crippen LogP contribution is 2.31. The molecule has 0 fully saturated rings. The maximum Gasteiger partial charge on any atom is 0.310 e. The molecule has 1 heterocycles. The lowest BCUT2D eigenvalue weighted by Crippen LogP contribution is -2.07. The summed E-state index contributed by atoms with van der Waals surface area (Å²) in [6.07, 6.45) is 0.252. The first kappa shape index (κ1) is 13.0. The number of fused-ring (bicyclic) bond motifs is 3. The largest absolute Gasteiger partial charge is 0.466 e. The number of ether oxygens (including phenoxy) is 1. The van der Waals surface area contributed by atoms with Crippen molar-refractivity contribution in [2.24, 2.45) is 0 Å². The van der Waals surface area contributed by atoms with Crippen molar-refractivity contribution in [1.29, 1.82) is 0 Å². The van der Waals surface area contributed by atoms with E-state index in [4.69, 9.17) is 20.8 Å². The highest BCUT2D eigenvalue weighted by atomic mass is 35.5. The fraction of sp³-hybridized carbons (Fsp3) is 0.188. The van der Waals surface area contributed by atoms with Gasteiger partial charge >= 0.3 is 5.97 Å². The van der Waals surface area contributed by atoms with Crippen LogP contribution in [0.15, 0.2) is 40.8 Å². The van der Waals surface area contributed by atoms with Crippen LogP contribution in [0, 0.1) is 0 Å². The molecule has 1 aromatic heterocycles. The molecule has 0 aliphatic rings. The molecule has 0 spiro atoms. The van der Waals surface area contributed by atoms with Crippen molar-refractivity contribution >= 4 is 39.5 Å². The molecule has 0 bridgehead atoms. The monoisotopic (exact) mass is 288 g/mol. The van der Waals surface area contributed by atoms with Crippen LogP contribution in [-0.4, -0.2) is 12.6 Å². The van der Waals surface area contributed by atoms with Crippen LogP contribution in [0.25, 0.3) is 21.9 Å². The lowest BCUT2D eigenvalue weighted by Gasteiger charge is -2.01. The summed E-state index contributed by atoms with van der Waals surface area (Å²) in [7, 11) is 0. The number of hydrogen-bond acceptors (Lipinski definition) is 3. The Morgan fingerprint density at radius 1 is 1.15 bits per heavy atom. The Balaban J connectivity index is 2.03. The van der Waals surface area contributed by atoms with E-state index in [1.54, 1.807) is 13.0 Å². The Labute approximate surface area is 121 Å². The normalized spacial score (nSPS) is 11.1. The number of hydrogen-bond donors (Lipinski definition) is 0. The summed E-state index contributed by atoms with van der Waals surface area (Å²) in [5.41, 5.74) is 2.38. The maximum atomic E-state index is 11.5. The van der Waals surface area contributed by atoms with Gasteiger partial charge in [-0.15, -0.1) is 0 Å². The van der Waals surface area contributed by atoms with Crippen LogP contribution in [0.5, 0.6) is 0 Å². The SMILES string of the molecule is CCOC(=O)Cc1ccc2c(c1)oc1cc(Cl)ccc12. The summed E-state index contributed by atoms with van der Waals surface area (Å²) in [6, 6.07) is 11.3. The minimum atomic E-state index is -0.231. The molecule has 102 valence electrons. The lowest BCUT2D eigenvalue weighted by molar-refractivity contribution is -0.142. The van der Waals surface area contributed by atoms with Crippen molar-refractivity contribution in [2.75, 3.05) is 6.61 Å². The van der Waals surface area contributed by atoms with Crippen LogP contribution in [0.2, 0.25) is 5.02 Å². The van der Waals surface area contributed by atoms with E-state index in [0.717, 1.165) is 27.5 Å². The average molecular weight is 289 g/mol. The molecule has 4 heteroatoms. The van der Waals surface area contributed by atoms with E-state index in [-0.39, 0.29) is 12.4 Å². The van der Waals surface area contributed by atoms with E-state index in [0.29, 0.717) is 11.6 Å². The predicted molar refractivity (Wildman–Crippen MR) is 79.1 cm³/mol. The molecule has 0 amide bonds. The Kier molecular flexibility index (Phi) is 3.36. The smallest absolute Gasteiger partial charge is 0.310 e. The van der Waals surface area contributed by atoms with Crippen molar-refractivity contribution in [2.45, 2.75) is 13.3 Å². The minimum absolute atomic E-state index is 0.231. The molecule has 0 atom stereocenters. The summed E-state index contributed by atoms with van der Waals surface area (Å²) in [5.74, 6) is -0.231. The fourth-order valence-corrected chi connectivity index (χ4v) is 2.45. The highest BCUT2D eigenvalue weighted by Gasteiger charge is 2.10. The van der Waals surface area contributed by atoms with Gasteiger partial charge in [-0.3, -0.25) is 4.79 Å². The van der Waals surface area contributed by atoms with Gasteiger partial charge in [0.1, 0.15) is 11.2 Å². The molecule has 20 heavy (non-hydrogen) atoms. The first-order valence-corrected chi connectivity index (χ1v) is 6.81. The summed E-state index contributed by atoms with van der Waals surface area (Å²) in [4.78, 5) is 11.5. The third-order valence-electron chi connectivity index (χ3n) is 3.15. The molecular weight excluding hydrogens is 276 g/mol. The number of esters is 1. The molecule has 3 nitrogen and oxygen atoms in total. The van der Waals surface area contributed by atoms with Crippen LogP contribution in [0.3, 0.4) is 0 Å². The summed E-state index contributed by atoms with van der Waals surface area (Å²) in [6.45, 7) is 2.19. The molecule has 0 saturated heterocycles. The first-order chi connectivity index (χ1) is 9.67. The zero-order valence-corrected chi connectivity index (χ0v) is 11.7. The first-order valence-electron chi connectivity index (χ1n) is 6.43. The molecule has 0 N–H and O–H groups in total. The minimum Gasteiger partial charge on any atom is -0.466 e. The van der Waals surface area contributed by atoms with Gasteiger partial charge in [0.2, 0.25) is 0 Å². The zero-order chi connectivity index (χ0) is 14.1. The Morgan fingerprint density at radius 3 is 2.60 bits per heavy atom. The van der Waals surface area contributed by atoms with Gasteiger partial charge in [0, 0.05) is 21.9 Å². The summed E-state index contributed by atoms with van der Waals surface area (Å²) >= 11 is 5.96. The Hall–Kier alpha value is -2.00. The lowest BCUT2D eigenvalue weighted by atomic mass is 10.1. The van der Waals surface area contributed by atoms with Gasteiger partial charge < -0.3 is 9.15 Å². The van der Waals surface area contributed by atoms with Crippen molar-refractivity contribution in [3.63, 3.8) is 0 Å². The predicted octanol–water partition coefficient (Wildman–Crippen LogP) is 4.35. The quantitative estimate of drug-likeness (QED) is 0.673. The third kappa shape index (κ3) is 2.37. The van der Waals surface area contributed by atoms with Gasteiger partial charge in [0.25, 0.3) is 0 Å². The second-order valence-electron chi connectivity index (χ2n) is 4.55. The third-order valence-corrected chi connectivity index (χ3v) is 3.39. The Bertz CT molecular complexity index is 789. The average Bonchev–Trinajstić information content (AvgIpc) is 2.75. The second kappa shape index (κ2) is 5.17. The van der Waals surface area contributed by atoms with Crippen LogP contribution in [-0.2, 0) is 16.0 Å². The molecule has 2 aromatic carbocycles. The number of benzene rings is 2. The number of carbonyl (C=O) groups excluding carboxylic acids is 1. The van der Waals surface area contributed by atoms with Gasteiger partial charge in [-0.25, -0.2) is 0 Å². The van der Waals surface area contributed by atoms with E-state index in [1.165, 1.54) is 0 Å². The summed E-state index contributed by atoms with van der Waals surface area (Å²) < 4.78 is 10.7. The molecule has 0 aliphatic heterocycles. The molecule has 0 unspecified atom stereocenters. The number of halogens is 1. The standard InChI is InChI=1S/C16H13ClO3/c1-2-19-16(18)8-10-3-5-12-13-6-4-11(17)9-15(13)20-14(12)7-10/h3-7,9H,2,8H2,1H3. The Morgan fingerprint density at radius 2 is 1.85 bits per heavy atom. The van der Waals surface area contributed by atoms with Crippen LogP contribution in [0.4, 0.5) is 0 Å². The van der Waals surface area contributed by atoms with Gasteiger partial charge in [0.05, 0.1) is 13.0 Å². The fourth-order valence-electron chi connectivity index (χ4n) is 2.28. The van der Waals surface area contributed by atoms with Gasteiger partial charge in [-0.2, -0.15) is 0 Å². The van der Waals surface area contributed by atoms with Crippen molar-refractivity contribution in [3.05, 3.63) is 47.0 Å². The van der Waals surface area contributed by atoms with Gasteiger partial charge in [-0.1, -0.05) is 23.7 Å². The van der Waals surface area contributed by atoms with Gasteiger partial charge in [0.15, 0.2) is 0 Å². The van der Waals surface area contributed by atoms with Crippen molar-refractivity contribution in [3.8, 4) is 0 Å². The van der Waals surface area contributed by atoms with Crippen LogP contribution < -0.4 is 0 Å². The number of rotatable bonds is 3. The van der Waals surface area contributed by atoms with E-state index >= 15 is 0 Å². The van der Waals surface area contributed by atoms with Gasteiger partial charge in [-0.05, 0) is 30.7 Å². The molecule has 0 radical (unpaired) electrons. The van der Waals surface area contributed by atoms with E-state index in [1.807, 2.05) is 30.3 Å². The van der Waals surface area contributed by atoms with Crippen molar-refractivity contribution in [1.82, 2.24) is 0 Å². The molecule has 0 aliphatic carbocycles. The molecule has 3 aromatic rings. The van der Waals surface area contributed by atoms with E-state index in [9.17, 15) is 4.79 Å². The van der Waals surface area contributed by atoms with Crippen molar-refractivity contribution < 1.29 is 13.9 Å². The topological polar surface area (TPSA) is 39.4 Å². The van der Waals surface area contributed by atoms with E-state index < -0.39 is 0 Å². The zero-order valence-electron chi connectivity index (χ0n) is 11.0. The second-order valence-corrected chi connectivity index (χ2v) is 4.99. The highest BCUT2D eigenvalue weighted by molar-refractivity contribution is 6.31. The summed E-state index contributed by atoms with van der Waals surface area (Å²) in [5, 5.41) is 2.68. The maximum absolute atomic E-state index is 11.5. The van der Waals surface area contributed by atoms with E-state index in [2.05, 4.69) is 0 Å². The number of carbonyl (C=O) groups is 1.